The van der Waals surface area contributed by atoms with Crippen LogP contribution < -0.4 is 15.4 Å². The molecule has 0 saturated heterocycles. The van der Waals surface area contributed by atoms with E-state index in [0.717, 1.165) is 10.2 Å². The van der Waals surface area contributed by atoms with Crippen molar-refractivity contribution in [2.24, 2.45) is 0 Å². The van der Waals surface area contributed by atoms with Gasteiger partial charge in [-0.2, -0.15) is 0 Å². The van der Waals surface area contributed by atoms with Crippen molar-refractivity contribution in [1.82, 2.24) is 0 Å². The Bertz CT molecular complexity index is 658. The SMILES string of the molecule is CCN(C(=O)c1ccc(Br)cc1OC)c1cccc(N)c1. The summed E-state index contributed by atoms with van der Waals surface area (Å²) in [6, 6.07) is 12.6. The van der Waals surface area contributed by atoms with E-state index in [4.69, 9.17) is 10.5 Å². The standard InChI is InChI=1S/C16H17BrN2O2/c1-3-19(13-6-4-5-12(18)10-13)16(20)14-8-7-11(17)9-15(14)21-2/h4-10H,3,18H2,1-2H3. The lowest BCUT2D eigenvalue weighted by molar-refractivity contribution is 0.0985. The van der Waals surface area contributed by atoms with E-state index in [9.17, 15) is 4.79 Å². The van der Waals surface area contributed by atoms with Gasteiger partial charge in [0, 0.05) is 22.4 Å². The van der Waals surface area contributed by atoms with Crippen LogP contribution in [0.4, 0.5) is 11.4 Å². The molecule has 4 nitrogen and oxygen atoms in total. The van der Waals surface area contributed by atoms with Crippen molar-refractivity contribution in [3.05, 3.63) is 52.5 Å². The van der Waals surface area contributed by atoms with Crippen molar-refractivity contribution in [2.45, 2.75) is 6.92 Å². The monoisotopic (exact) mass is 348 g/mol. The van der Waals surface area contributed by atoms with E-state index >= 15 is 0 Å². The Hall–Kier alpha value is -2.01. The van der Waals surface area contributed by atoms with E-state index in [1.807, 2.05) is 25.1 Å². The van der Waals surface area contributed by atoms with E-state index in [2.05, 4.69) is 15.9 Å². The Kier molecular flexibility index (Phi) is 4.85. The van der Waals surface area contributed by atoms with E-state index < -0.39 is 0 Å². The Morgan fingerprint density at radius 3 is 2.67 bits per heavy atom. The first-order valence-corrected chi connectivity index (χ1v) is 7.37. The summed E-state index contributed by atoms with van der Waals surface area (Å²) in [5.74, 6) is 0.421. The average Bonchev–Trinajstić information content (AvgIpc) is 2.47. The minimum Gasteiger partial charge on any atom is -0.496 e. The zero-order chi connectivity index (χ0) is 15.4. The number of benzene rings is 2. The van der Waals surface area contributed by atoms with Gasteiger partial charge in [0.1, 0.15) is 5.75 Å². The van der Waals surface area contributed by atoms with Gasteiger partial charge in [-0.1, -0.05) is 22.0 Å². The van der Waals surface area contributed by atoms with Crippen molar-refractivity contribution < 1.29 is 9.53 Å². The summed E-state index contributed by atoms with van der Waals surface area (Å²) < 4.78 is 6.16. The van der Waals surface area contributed by atoms with Crippen LogP contribution >= 0.6 is 15.9 Å². The van der Waals surface area contributed by atoms with Gasteiger partial charge in [-0.25, -0.2) is 0 Å². The van der Waals surface area contributed by atoms with Crippen molar-refractivity contribution in [2.75, 3.05) is 24.3 Å². The third-order valence-corrected chi connectivity index (χ3v) is 3.63. The van der Waals surface area contributed by atoms with Gasteiger partial charge in [0.25, 0.3) is 5.91 Å². The normalized spacial score (nSPS) is 10.2. The number of nitrogens with two attached hydrogens (primary N) is 1. The molecule has 110 valence electrons. The molecule has 0 aromatic heterocycles. The van der Waals surface area contributed by atoms with Crippen LogP contribution in [-0.2, 0) is 0 Å². The molecule has 0 heterocycles. The Labute approximate surface area is 132 Å². The number of carbonyl (C=O) groups is 1. The molecule has 0 saturated carbocycles. The third-order valence-electron chi connectivity index (χ3n) is 3.14. The molecule has 5 heteroatoms. The first-order chi connectivity index (χ1) is 10.1. The summed E-state index contributed by atoms with van der Waals surface area (Å²) in [6.07, 6.45) is 0. The van der Waals surface area contributed by atoms with Crippen LogP contribution in [0, 0.1) is 0 Å². The zero-order valence-corrected chi connectivity index (χ0v) is 13.6. The van der Waals surface area contributed by atoms with Gasteiger partial charge >= 0.3 is 0 Å². The number of nitrogens with zero attached hydrogens (tertiary/aromatic N) is 1. The third kappa shape index (κ3) is 3.36. The highest BCUT2D eigenvalue weighted by atomic mass is 79.9. The van der Waals surface area contributed by atoms with Crippen LogP contribution in [0.3, 0.4) is 0 Å². The lowest BCUT2D eigenvalue weighted by Crippen LogP contribution is -2.31. The quantitative estimate of drug-likeness (QED) is 0.857. The summed E-state index contributed by atoms with van der Waals surface area (Å²) >= 11 is 3.37. The van der Waals surface area contributed by atoms with E-state index in [-0.39, 0.29) is 5.91 Å². The first-order valence-electron chi connectivity index (χ1n) is 6.57. The number of hydrogen-bond acceptors (Lipinski definition) is 3. The van der Waals surface area contributed by atoms with Crippen LogP contribution in [0.2, 0.25) is 0 Å². The zero-order valence-electron chi connectivity index (χ0n) is 12.0. The van der Waals surface area contributed by atoms with Gasteiger partial charge in [0.2, 0.25) is 0 Å². The number of hydrogen-bond donors (Lipinski definition) is 1. The Balaban J connectivity index is 2.41. The average molecular weight is 349 g/mol. The molecule has 2 N–H and O–H groups in total. The van der Waals surface area contributed by atoms with Crippen LogP contribution in [0.5, 0.6) is 5.75 Å². The Morgan fingerprint density at radius 1 is 1.29 bits per heavy atom. The number of amides is 1. The number of ether oxygens (including phenoxy) is 1. The second kappa shape index (κ2) is 6.63. The predicted molar refractivity (Wildman–Crippen MR) is 88.9 cm³/mol. The van der Waals surface area contributed by atoms with Crippen molar-refractivity contribution in [3.63, 3.8) is 0 Å². The minimum absolute atomic E-state index is 0.118. The number of anilines is 2. The molecule has 0 aliphatic carbocycles. The highest BCUT2D eigenvalue weighted by Crippen LogP contribution is 2.27. The summed E-state index contributed by atoms with van der Waals surface area (Å²) in [6.45, 7) is 2.47. The van der Waals surface area contributed by atoms with Crippen LogP contribution in [0.1, 0.15) is 17.3 Å². The second-order valence-electron chi connectivity index (χ2n) is 4.49. The molecule has 1 amide bonds. The van der Waals surface area contributed by atoms with Gasteiger partial charge in [0.05, 0.1) is 12.7 Å². The van der Waals surface area contributed by atoms with E-state index in [1.165, 1.54) is 0 Å². The molecule has 0 fully saturated rings. The predicted octanol–water partition coefficient (Wildman–Crippen LogP) is 3.71. The molecule has 0 aliphatic heterocycles. The summed E-state index contributed by atoms with van der Waals surface area (Å²) in [7, 11) is 1.55. The smallest absolute Gasteiger partial charge is 0.262 e. The van der Waals surface area contributed by atoms with Crippen molar-refractivity contribution in [1.29, 1.82) is 0 Å². The number of carbonyl (C=O) groups excluding carboxylic acids is 1. The molecule has 0 radical (unpaired) electrons. The number of methoxy groups -OCH3 is 1. The lowest BCUT2D eigenvalue weighted by Gasteiger charge is -2.22. The second-order valence-corrected chi connectivity index (χ2v) is 5.40. The topological polar surface area (TPSA) is 55.6 Å². The molecule has 0 unspecified atom stereocenters. The molecule has 0 bridgehead atoms. The van der Waals surface area contributed by atoms with Crippen LogP contribution in [0.25, 0.3) is 0 Å². The maximum atomic E-state index is 12.8. The highest BCUT2D eigenvalue weighted by Gasteiger charge is 2.20. The Morgan fingerprint density at radius 2 is 2.05 bits per heavy atom. The van der Waals surface area contributed by atoms with Crippen molar-refractivity contribution in [3.8, 4) is 5.75 Å². The van der Waals surface area contributed by atoms with Crippen LogP contribution in [-0.4, -0.2) is 19.6 Å². The first kappa shape index (κ1) is 15.4. The number of rotatable bonds is 4. The highest BCUT2D eigenvalue weighted by molar-refractivity contribution is 9.10. The van der Waals surface area contributed by atoms with E-state index in [1.54, 1.807) is 36.3 Å². The summed E-state index contributed by atoms with van der Waals surface area (Å²) in [5.41, 5.74) is 7.71. The maximum absolute atomic E-state index is 12.8. The molecule has 0 atom stereocenters. The molecular weight excluding hydrogens is 332 g/mol. The summed E-state index contributed by atoms with van der Waals surface area (Å²) in [4.78, 5) is 14.4. The van der Waals surface area contributed by atoms with Gasteiger partial charge in [-0.3, -0.25) is 4.79 Å². The molecule has 2 aromatic rings. The minimum atomic E-state index is -0.118. The van der Waals surface area contributed by atoms with Crippen LogP contribution in [0.15, 0.2) is 46.9 Å². The fraction of sp³-hybridized carbons (Fsp3) is 0.188. The number of nitrogen functional groups attached to an aromatic ring is 1. The maximum Gasteiger partial charge on any atom is 0.262 e. The molecule has 2 aromatic carbocycles. The fourth-order valence-electron chi connectivity index (χ4n) is 2.12. The van der Waals surface area contributed by atoms with Gasteiger partial charge in [0.15, 0.2) is 0 Å². The molecule has 0 aliphatic rings. The van der Waals surface area contributed by atoms with Gasteiger partial charge in [-0.15, -0.1) is 0 Å². The largest absolute Gasteiger partial charge is 0.496 e. The fourth-order valence-corrected chi connectivity index (χ4v) is 2.46. The molecule has 21 heavy (non-hydrogen) atoms. The molecule has 0 spiro atoms. The molecular formula is C16H17BrN2O2. The number of halogens is 1. The lowest BCUT2D eigenvalue weighted by atomic mass is 10.1. The van der Waals surface area contributed by atoms with Gasteiger partial charge in [-0.05, 0) is 43.3 Å². The van der Waals surface area contributed by atoms with E-state index in [0.29, 0.717) is 23.5 Å². The van der Waals surface area contributed by atoms with Gasteiger partial charge < -0.3 is 15.4 Å². The molecule has 2 rings (SSSR count). The van der Waals surface area contributed by atoms with Crippen molar-refractivity contribution >= 4 is 33.2 Å². The summed E-state index contributed by atoms with van der Waals surface area (Å²) in [5, 5.41) is 0.